The summed E-state index contributed by atoms with van der Waals surface area (Å²) in [4.78, 5) is 273. The molecule has 0 saturated heterocycles. The number of carbonyl (C=O) groups is 33. The van der Waals surface area contributed by atoms with E-state index in [9.17, 15) is 0 Å². The van der Waals surface area contributed by atoms with Gasteiger partial charge in [0.2, 0.25) is 0 Å². The molecule has 1 unspecified atom stereocenters. The molecule has 0 aromatic rings. The lowest BCUT2D eigenvalue weighted by Gasteiger charge is -2.17. The molecule has 36 nitrogen and oxygen atoms in total. The molecule has 0 aromatic carbocycles. The maximum atomic E-state index is 8.70. The third kappa shape index (κ3) is 660. The van der Waals surface area contributed by atoms with Crippen molar-refractivity contribution in [2.45, 2.75) is 303 Å². The lowest BCUT2D eigenvalue weighted by atomic mass is 9.95. The summed E-state index contributed by atoms with van der Waals surface area (Å²) >= 11 is 0. The Bertz CT molecular complexity index is 1110. The van der Waals surface area contributed by atoms with Crippen LogP contribution in [0.5, 0.6) is 0 Å². The molecule has 0 aliphatic carbocycles. The van der Waals surface area contributed by atoms with E-state index in [1.807, 2.05) is 224 Å². The van der Waals surface area contributed by atoms with Crippen LogP contribution >= 0.6 is 0 Å². The second kappa shape index (κ2) is 679. The maximum absolute atomic E-state index is 8.70. The predicted molar refractivity (Wildman–Crippen MR) is 487 cm³/mol. The minimum Gasteiger partial charge on any atom is -0.379 e. The van der Waals surface area contributed by atoms with Crippen molar-refractivity contribution in [3.63, 3.8) is 0 Å². The predicted octanol–water partition coefficient (Wildman–Crippen LogP) is 12.3. The minimum atomic E-state index is 0.758. The Morgan fingerprint density at radius 2 is 0.287 bits per heavy atom. The van der Waals surface area contributed by atoms with E-state index in [4.69, 9.17) is 172 Å². The molecule has 1 atom stereocenters. The van der Waals surface area contributed by atoms with Crippen molar-refractivity contribution < 1.29 is 172 Å². The topological polar surface area (TPSA) is 603 Å². The SMILES string of the molecule is C=O.C=O.C=O.C=O.C=O.C=O.C=O.C=O.C=O.C=O.C=O.C=O.C=O.C=O.C=O.C=O.C=O.C=O.C=O.C=O.C=O.C=O.C=O.C=O.C=O.C=O.C=O.C=O.C=O.C=O.C=O.C=O.C=O.CCCCCCCCC(CCCCCC)COCCOCCCCCCCCCCCCCCCCCCCCCCCCCCCCCCCCCCC=[OH+]. The second-order valence-corrected chi connectivity index (χ2v) is 18.2. The van der Waals surface area contributed by atoms with Gasteiger partial charge >= 0.3 is 0 Å². The molecule has 0 rings (SSSR count). The molecule has 1 N–H and O–H groups in total. The summed E-state index contributed by atoms with van der Waals surface area (Å²) in [6.45, 7) is 74.0. The van der Waals surface area contributed by atoms with Crippen LogP contribution in [0.25, 0.3) is 0 Å². The summed E-state index contributed by atoms with van der Waals surface area (Å²) in [5.74, 6) is 0.758. The number of aldehydes is 1. The highest BCUT2D eigenvalue weighted by atomic mass is 16.5. The summed E-state index contributed by atoms with van der Waals surface area (Å²) in [6.07, 6.45) is 64.4. The van der Waals surface area contributed by atoms with Crippen LogP contribution in [0.2, 0.25) is 0 Å². The molecule has 0 spiro atoms. The van der Waals surface area contributed by atoms with E-state index in [2.05, 4.69) is 13.8 Å². The van der Waals surface area contributed by atoms with Gasteiger partial charge in [-0.1, -0.05) is 271 Å². The van der Waals surface area contributed by atoms with Gasteiger partial charge in [-0.25, -0.2) is 0 Å². The molecule has 0 fully saturated rings. The molecule has 0 bridgehead atoms. The quantitative estimate of drug-likeness (QED) is 0.0310. The summed E-state index contributed by atoms with van der Waals surface area (Å²) in [5, 5.41) is 0. The zero-order valence-corrected chi connectivity index (χ0v) is 75.9. The zero-order valence-electron chi connectivity index (χ0n) is 75.9. The molecule has 0 aliphatic rings. The first-order chi connectivity index (χ1) is 60.8. The normalized spacial score (nSPS) is 6.67. The monoisotopic (exact) mass is 1780 g/mol. The van der Waals surface area contributed by atoms with Crippen LogP contribution in [-0.4, -0.2) is 262 Å². The molecule has 732 valence electrons. The van der Waals surface area contributed by atoms with Gasteiger partial charge < -0.3 is 168 Å². The third-order valence-corrected chi connectivity index (χ3v) is 12.5. The van der Waals surface area contributed by atoms with Crippen molar-refractivity contribution in [1.29, 1.82) is 0 Å². The van der Waals surface area contributed by atoms with E-state index in [0.29, 0.717) is 0 Å². The average Bonchev–Trinajstić information content (AvgIpc) is 0.999. The van der Waals surface area contributed by atoms with Crippen molar-refractivity contribution in [1.82, 2.24) is 0 Å². The lowest BCUT2D eigenvalue weighted by molar-refractivity contribution is -0.0987. The van der Waals surface area contributed by atoms with E-state index >= 15 is 0 Å². The van der Waals surface area contributed by atoms with Crippen molar-refractivity contribution in [3.8, 4) is 0 Å². The summed E-state index contributed by atoms with van der Waals surface area (Å²) in [7, 11) is 0. The highest BCUT2D eigenvalue weighted by molar-refractivity contribution is 5.50. The molecule has 0 saturated carbocycles. The Balaban J connectivity index is -0.0000000305. The third-order valence-electron chi connectivity index (χ3n) is 12.5. The molecule has 0 amide bonds. The van der Waals surface area contributed by atoms with Crippen molar-refractivity contribution >= 4 is 230 Å². The van der Waals surface area contributed by atoms with Gasteiger partial charge in [-0.3, -0.25) is 4.79 Å². The molecule has 36 heteroatoms. The molecular formula is C86H173O36+. The number of carbonyl (C=O) groups excluding carboxylic acids is 34. The van der Waals surface area contributed by atoms with E-state index in [1.54, 1.807) is 0 Å². The fourth-order valence-electron chi connectivity index (χ4n) is 8.60. The van der Waals surface area contributed by atoms with Crippen molar-refractivity contribution in [2.75, 3.05) is 26.4 Å². The minimum absolute atomic E-state index is 0.758. The van der Waals surface area contributed by atoms with E-state index in [1.165, 1.54) is 282 Å². The van der Waals surface area contributed by atoms with Gasteiger partial charge in [-0.05, 0) is 31.6 Å². The Kier molecular flexibility index (Phi) is 1260. The van der Waals surface area contributed by atoms with Crippen LogP contribution in [0.3, 0.4) is 0 Å². The van der Waals surface area contributed by atoms with Crippen LogP contribution in [0.4, 0.5) is 0 Å². The van der Waals surface area contributed by atoms with Crippen LogP contribution in [0.15, 0.2) is 0 Å². The van der Waals surface area contributed by atoms with Crippen LogP contribution in [0.1, 0.15) is 303 Å². The first-order valence-corrected chi connectivity index (χ1v) is 36.0. The number of ether oxygens (including phenoxy) is 2. The average molecular weight is 1780 g/mol. The Hall–Kier alpha value is -11.3. The zero-order chi connectivity index (χ0) is 106. The maximum Gasteiger partial charge on any atom is 0.281 e. The molecule has 122 heavy (non-hydrogen) atoms. The number of rotatable bonds is 52. The fraction of sp³-hybridized carbons (Fsp3) is 0.605. The Labute approximate surface area is 735 Å². The van der Waals surface area contributed by atoms with Gasteiger partial charge in [0.1, 0.15) is 224 Å². The van der Waals surface area contributed by atoms with Crippen molar-refractivity contribution in [2.24, 2.45) is 5.92 Å². The van der Waals surface area contributed by atoms with Crippen LogP contribution in [-0.2, 0) is 168 Å². The number of unbranched alkanes of at least 4 members (excludes halogenated alkanes) is 40. The Morgan fingerprint density at radius 3 is 0.443 bits per heavy atom. The first-order valence-electron chi connectivity index (χ1n) is 36.0. The van der Waals surface area contributed by atoms with Gasteiger partial charge in [-0.15, -0.1) is 0 Å². The largest absolute Gasteiger partial charge is 0.379 e. The molecule has 0 aliphatic heterocycles. The van der Waals surface area contributed by atoms with E-state index in [-0.39, 0.29) is 0 Å². The summed E-state index contributed by atoms with van der Waals surface area (Å²) < 4.78 is 12.0. The number of hydrogen-bond acceptors (Lipinski definition) is 35. The highest BCUT2D eigenvalue weighted by Gasteiger charge is 2.09. The summed E-state index contributed by atoms with van der Waals surface area (Å²) in [5.41, 5.74) is 0. The van der Waals surface area contributed by atoms with E-state index < -0.39 is 0 Å². The summed E-state index contributed by atoms with van der Waals surface area (Å²) in [6, 6.07) is 0. The second-order valence-electron chi connectivity index (χ2n) is 18.2. The Morgan fingerprint density at radius 1 is 0.164 bits per heavy atom. The smallest absolute Gasteiger partial charge is 0.281 e. The van der Waals surface area contributed by atoms with E-state index in [0.717, 1.165) is 45.2 Å². The van der Waals surface area contributed by atoms with Gasteiger partial charge in [0.25, 0.3) is 6.29 Å². The fourth-order valence-corrected chi connectivity index (χ4v) is 8.60. The lowest BCUT2D eigenvalue weighted by Crippen LogP contribution is -2.13. The van der Waals surface area contributed by atoms with Gasteiger partial charge in [0.05, 0.1) is 19.6 Å². The first kappa shape index (κ1) is 226. The molecule has 0 aromatic heterocycles. The van der Waals surface area contributed by atoms with Gasteiger partial charge in [-0.2, -0.15) is 0 Å². The molecule has 0 heterocycles. The van der Waals surface area contributed by atoms with Crippen LogP contribution in [0, 0.1) is 5.92 Å². The molecule has 0 radical (unpaired) electrons. The van der Waals surface area contributed by atoms with Crippen LogP contribution < -0.4 is 0 Å². The standard InChI is InChI=1S/C53H106O3.33CH2O/c1-3-5-7-9-39-43-47-53(46-42-8-6-4-2)52-56-51-50-55-49-45-41-38-36-34-32-30-28-26-24-22-20-18-16-14-12-10-11-13-15-17-19-21-23-25-27-29-31-33-35-37-40-44-48-54;33*1-2/h48,53H,3-47,49-52H2,1-2H3;33*1H2/p+1. The molecular weight excluding hydrogens is 1610 g/mol. The highest BCUT2D eigenvalue weighted by Crippen LogP contribution is 2.20. The van der Waals surface area contributed by atoms with Gasteiger partial charge in [0.15, 0.2) is 0 Å². The number of hydrogen-bond donors (Lipinski definition) is 0. The van der Waals surface area contributed by atoms with Crippen molar-refractivity contribution in [3.05, 3.63) is 0 Å². The van der Waals surface area contributed by atoms with Gasteiger partial charge in [0, 0.05) is 13.2 Å².